The predicted octanol–water partition coefficient (Wildman–Crippen LogP) is 1.50. The van der Waals surface area contributed by atoms with Gasteiger partial charge in [-0.25, -0.2) is 0 Å². The molecule has 1 aliphatic rings. The Morgan fingerprint density at radius 2 is 1.29 bits per heavy atom. The molecular weight excluding hydrogens is 172 g/mol. The Morgan fingerprint density at radius 1 is 0.857 bits per heavy atom. The molecule has 0 spiro atoms. The van der Waals surface area contributed by atoms with Crippen molar-refractivity contribution in [3.05, 3.63) is 24.3 Å². The van der Waals surface area contributed by atoms with E-state index in [0.717, 1.165) is 6.42 Å². The van der Waals surface area contributed by atoms with E-state index in [1.807, 2.05) is 0 Å². The maximum Gasteiger partial charge on any atom is 0 e. The molecule has 0 aromatic carbocycles. The van der Waals surface area contributed by atoms with Gasteiger partial charge in [0.2, 0.25) is 0 Å². The molecule has 0 heterocycles. The van der Waals surface area contributed by atoms with Gasteiger partial charge in [0.15, 0.2) is 0 Å². The Kier molecular flexibility index (Phi) is 9.77. The molecule has 0 N–H and O–H groups in total. The molecular formula is C5H6Fe2. The molecule has 0 aliphatic heterocycles. The van der Waals surface area contributed by atoms with E-state index >= 15 is 0 Å². The number of allylic oxidation sites excluding steroid dienone is 4. The predicted molar refractivity (Wildman–Crippen MR) is 22.9 cm³/mol. The quantitative estimate of drug-likeness (QED) is 0.492. The van der Waals surface area contributed by atoms with Crippen molar-refractivity contribution in [3.8, 4) is 0 Å². The second-order valence-electron chi connectivity index (χ2n) is 1.09. The van der Waals surface area contributed by atoms with Crippen molar-refractivity contribution < 1.29 is 34.1 Å². The summed E-state index contributed by atoms with van der Waals surface area (Å²) in [5, 5.41) is 0. The van der Waals surface area contributed by atoms with Crippen LogP contribution in [0.5, 0.6) is 0 Å². The average Bonchev–Trinajstić information content (AvgIpc) is 1.76. The van der Waals surface area contributed by atoms with Gasteiger partial charge in [-0.1, -0.05) is 24.3 Å². The van der Waals surface area contributed by atoms with E-state index in [1.54, 1.807) is 0 Å². The molecule has 0 aromatic heterocycles. The van der Waals surface area contributed by atoms with Crippen LogP contribution in [0.3, 0.4) is 0 Å². The standard InChI is InChI=1S/C5H6.2Fe/c1-2-4-5-3-1;;/h1-4H,5H2;;. The summed E-state index contributed by atoms with van der Waals surface area (Å²) in [4.78, 5) is 0. The van der Waals surface area contributed by atoms with Crippen LogP contribution in [0.2, 0.25) is 0 Å². The van der Waals surface area contributed by atoms with Crippen LogP contribution in [0, 0.1) is 0 Å². The van der Waals surface area contributed by atoms with Gasteiger partial charge in [-0.2, -0.15) is 0 Å². The number of hydrogen-bond acceptors (Lipinski definition) is 0. The fraction of sp³-hybridized carbons (Fsp3) is 0.200. The van der Waals surface area contributed by atoms with Crippen LogP contribution in [0.4, 0.5) is 0 Å². The van der Waals surface area contributed by atoms with Crippen molar-refractivity contribution in [1.29, 1.82) is 0 Å². The molecule has 1 rings (SSSR count). The fourth-order valence-electron chi connectivity index (χ4n) is 0.393. The van der Waals surface area contributed by atoms with E-state index in [-0.39, 0.29) is 34.1 Å². The van der Waals surface area contributed by atoms with Crippen molar-refractivity contribution in [3.63, 3.8) is 0 Å². The van der Waals surface area contributed by atoms with Gasteiger partial charge in [0.1, 0.15) is 0 Å². The van der Waals surface area contributed by atoms with Gasteiger partial charge >= 0.3 is 0 Å². The van der Waals surface area contributed by atoms with E-state index in [1.165, 1.54) is 0 Å². The van der Waals surface area contributed by atoms with Crippen LogP contribution < -0.4 is 0 Å². The Morgan fingerprint density at radius 3 is 1.43 bits per heavy atom. The van der Waals surface area contributed by atoms with Gasteiger partial charge in [-0.15, -0.1) is 0 Å². The average molecular weight is 178 g/mol. The van der Waals surface area contributed by atoms with Gasteiger partial charge < -0.3 is 0 Å². The summed E-state index contributed by atoms with van der Waals surface area (Å²) in [6.07, 6.45) is 9.50. The first-order valence-corrected chi connectivity index (χ1v) is 1.82. The third-order valence-electron chi connectivity index (χ3n) is 0.655. The van der Waals surface area contributed by atoms with Crippen molar-refractivity contribution in [1.82, 2.24) is 0 Å². The normalized spacial score (nSPS) is 12.6. The number of hydrogen-bond donors (Lipinski definition) is 0. The fourth-order valence-corrected chi connectivity index (χ4v) is 0.393. The first kappa shape index (κ1) is 10.5. The second-order valence-corrected chi connectivity index (χ2v) is 1.09. The zero-order valence-electron chi connectivity index (χ0n) is 3.72. The minimum absolute atomic E-state index is 0. The smallest absolute Gasteiger partial charge is 0 e. The largest absolute Gasteiger partial charge is 0.0808 e. The minimum atomic E-state index is 0. The molecule has 0 unspecified atom stereocenters. The van der Waals surface area contributed by atoms with Crippen molar-refractivity contribution in [2.45, 2.75) is 6.42 Å². The van der Waals surface area contributed by atoms with Crippen LogP contribution in [-0.4, -0.2) is 0 Å². The molecule has 0 radical (unpaired) electrons. The summed E-state index contributed by atoms with van der Waals surface area (Å²) in [5.74, 6) is 0. The van der Waals surface area contributed by atoms with Crippen LogP contribution in [0.25, 0.3) is 0 Å². The van der Waals surface area contributed by atoms with Gasteiger partial charge in [0.05, 0.1) is 0 Å². The molecule has 0 saturated carbocycles. The molecule has 2 heteroatoms. The maximum atomic E-state index is 2.12. The molecule has 0 fully saturated rings. The molecule has 0 saturated heterocycles. The van der Waals surface area contributed by atoms with Crippen LogP contribution in [0.1, 0.15) is 6.42 Å². The molecule has 0 amide bonds. The summed E-state index contributed by atoms with van der Waals surface area (Å²) in [7, 11) is 0. The van der Waals surface area contributed by atoms with Crippen LogP contribution in [-0.2, 0) is 34.1 Å². The Bertz CT molecular complexity index is 64.1. The number of rotatable bonds is 0. The molecule has 1 aliphatic carbocycles. The van der Waals surface area contributed by atoms with Gasteiger partial charge in [0.25, 0.3) is 0 Å². The summed E-state index contributed by atoms with van der Waals surface area (Å²) in [5.41, 5.74) is 0. The van der Waals surface area contributed by atoms with Crippen molar-refractivity contribution in [2.24, 2.45) is 0 Å². The molecule has 7 heavy (non-hydrogen) atoms. The van der Waals surface area contributed by atoms with Crippen LogP contribution in [0.15, 0.2) is 24.3 Å². The second kappa shape index (κ2) is 6.52. The topological polar surface area (TPSA) is 0 Å². The van der Waals surface area contributed by atoms with Crippen molar-refractivity contribution in [2.75, 3.05) is 0 Å². The molecule has 0 atom stereocenters. The minimum Gasteiger partial charge on any atom is -0.0808 e. The molecule has 42 valence electrons. The molecule has 0 nitrogen and oxygen atoms in total. The Hall–Kier alpha value is 0.519. The van der Waals surface area contributed by atoms with Gasteiger partial charge in [0, 0.05) is 34.1 Å². The van der Waals surface area contributed by atoms with Crippen LogP contribution >= 0.6 is 0 Å². The molecule has 0 bridgehead atoms. The maximum absolute atomic E-state index is 2.12. The zero-order chi connectivity index (χ0) is 3.54. The van der Waals surface area contributed by atoms with E-state index < -0.39 is 0 Å². The van der Waals surface area contributed by atoms with Crippen molar-refractivity contribution >= 4 is 0 Å². The molecule has 0 aromatic rings. The SMILES string of the molecule is C1=CCC=C1.[Fe].[Fe]. The van der Waals surface area contributed by atoms with Gasteiger partial charge in [-0.3, -0.25) is 0 Å². The van der Waals surface area contributed by atoms with E-state index in [0.29, 0.717) is 0 Å². The monoisotopic (exact) mass is 178 g/mol. The third kappa shape index (κ3) is 4.37. The summed E-state index contributed by atoms with van der Waals surface area (Å²) in [6, 6.07) is 0. The summed E-state index contributed by atoms with van der Waals surface area (Å²) in [6.45, 7) is 0. The Balaban J connectivity index is 0. The first-order valence-electron chi connectivity index (χ1n) is 1.82. The first-order chi connectivity index (χ1) is 2.50. The summed E-state index contributed by atoms with van der Waals surface area (Å²) < 4.78 is 0. The van der Waals surface area contributed by atoms with E-state index in [9.17, 15) is 0 Å². The van der Waals surface area contributed by atoms with E-state index in [4.69, 9.17) is 0 Å². The van der Waals surface area contributed by atoms with Gasteiger partial charge in [-0.05, 0) is 6.42 Å². The Labute approximate surface area is 65.0 Å². The third-order valence-corrected chi connectivity index (χ3v) is 0.655. The zero-order valence-corrected chi connectivity index (χ0v) is 5.93. The van der Waals surface area contributed by atoms with E-state index in [2.05, 4.69) is 24.3 Å². The summed E-state index contributed by atoms with van der Waals surface area (Å²) >= 11 is 0.